The predicted molar refractivity (Wildman–Crippen MR) is 60.0 cm³/mol. The molecule has 0 amide bonds. The Morgan fingerprint density at radius 1 is 1.50 bits per heavy atom. The average molecular weight is 230 g/mol. The molecule has 0 bridgehead atoms. The Balaban J connectivity index is 2.01. The number of rotatable bonds is 6. The van der Waals surface area contributed by atoms with Gasteiger partial charge in [-0.25, -0.2) is 0 Å². The van der Waals surface area contributed by atoms with E-state index in [1.165, 1.54) is 13.3 Å². The first-order valence-corrected chi connectivity index (χ1v) is 6.09. The minimum Gasteiger partial charge on any atom is -0.466 e. The van der Waals surface area contributed by atoms with Crippen LogP contribution in [0.5, 0.6) is 0 Å². The molecule has 1 aliphatic rings. The van der Waals surface area contributed by atoms with Crippen molar-refractivity contribution in [2.24, 2.45) is 0 Å². The highest BCUT2D eigenvalue weighted by atomic mass is 16.7. The van der Waals surface area contributed by atoms with E-state index >= 15 is 0 Å². The Hall–Kier alpha value is -0.610. The fraction of sp³-hybridized carbons (Fsp3) is 0.917. The van der Waals surface area contributed by atoms with Crippen LogP contribution >= 0.6 is 0 Å². The monoisotopic (exact) mass is 230 g/mol. The summed E-state index contributed by atoms with van der Waals surface area (Å²) in [4.78, 5) is 10.5. The van der Waals surface area contributed by atoms with Crippen molar-refractivity contribution in [3.8, 4) is 0 Å². The normalized spacial score (nSPS) is 22.8. The molecule has 94 valence electrons. The van der Waals surface area contributed by atoms with Gasteiger partial charge < -0.3 is 14.2 Å². The second kappa shape index (κ2) is 7.63. The average Bonchev–Trinajstić information content (AvgIpc) is 2.25. The topological polar surface area (TPSA) is 44.8 Å². The molecular formula is C12H22O4. The summed E-state index contributed by atoms with van der Waals surface area (Å²) < 4.78 is 16.1. The Bertz CT molecular complexity index is 199. The van der Waals surface area contributed by atoms with Gasteiger partial charge in [0.1, 0.15) is 0 Å². The quantitative estimate of drug-likeness (QED) is 0.518. The van der Waals surface area contributed by atoms with Crippen LogP contribution in [-0.2, 0) is 19.0 Å². The lowest BCUT2D eigenvalue weighted by Gasteiger charge is -2.26. The van der Waals surface area contributed by atoms with Gasteiger partial charge >= 0.3 is 5.97 Å². The third kappa shape index (κ3) is 6.08. The van der Waals surface area contributed by atoms with Gasteiger partial charge in [0.25, 0.3) is 0 Å². The Labute approximate surface area is 97.2 Å². The van der Waals surface area contributed by atoms with E-state index in [4.69, 9.17) is 14.2 Å². The van der Waals surface area contributed by atoms with Crippen LogP contribution in [0.1, 0.15) is 46.0 Å². The van der Waals surface area contributed by atoms with Crippen molar-refractivity contribution in [3.05, 3.63) is 0 Å². The van der Waals surface area contributed by atoms with Crippen molar-refractivity contribution in [3.63, 3.8) is 0 Å². The minimum atomic E-state index is -0.218. The molecule has 0 saturated carbocycles. The van der Waals surface area contributed by atoms with Crippen LogP contribution in [0.3, 0.4) is 0 Å². The van der Waals surface area contributed by atoms with E-state index in [2.05, 4.69) is 0 Å². The number of hydrogen-bond acceptors (Lipinski definition) is 4. The van der Waals surface area contributed by atoms with E-state index in [0.29, 0.717) is 6.61 Å². The summed E-state index contributed by atoms with van der Waals surface area (Å²) in [6, 6.07) is 0. The maximum absolute atomic E-state index is 10.5. The largest absolute Gasteiger partial charge is 0.466 e. The van der Waals surface area contributed by atoms with Crippen molar-refractivity contribution in [2.45, 2.75) is 58.3 Å². The molecular weight excluding hydrogens is 208 g/mol. The fourth-order valence-electron chi connectivity index (χ4n) is 1.73. The van der Waals surface area contributed by atoms with Gasteiger partial charge in [-0.05, 0) is 39.0 Å². The lowest BCUT2D eigenvalue weighted by Crippen LogP contribution is -2.26. The molecule has 2 unspecified atom stereocenters. The summed E-state index contributed by atoms with van der Waals surface area (Å²) in [6.07, 6.45) is 5.19. The molecule has 1 fully saturated rings. The molecule has 4 heteroatoms. The summed E-state index contributed by atoms with van der Waals surface area (Å²) in [5.41, 5.74) is 0. The molecule has 2 atom stereocenters. The van der Waals surface area contributed by atoms with E-state index in [-0.39, 0.29) is 18.4 Å². The number of carbonyl (C=O) groups is 1. The van der Waals surface area contributed by atoms with Crippen molar-refractivity contribution in [1.29, 1.82) is 0 Å². The Morgan fingerprint density at radius 3 is 2.94 bits per heavy atom. The van der Waals surface area contributed by atoms with Gasteiger partial charge in [-0.3, -0.25) is 4.79 Å². The summed E-state index contributed by atoms with van der Waals surface area (Å²) in [7, 11) is 0. The van der Waals surface area contributed by atoms with Crippen molar-refractivity contribution >= 4 is 5.97 Å². The molecule has 16 heavy (non-hydrogen) atoms. The standard InChI is InChI=1S/C12H22O4/c1-10(6-5-9-14-11(2)13)16-12-7-3-4-8-15-12/h10,12H,3-9H2,1-2H3. The van der Waals surface area contributed by atoms with Crippen molar-refractivity contribution in [2.75, 3.05) is 13.2 Å². The summed E-state index contributed by atoms with van der Waals surface area (Å²) in [6.45, 7) is 4.75. The highest BCUT2D eigenvalue weighted by Gasteiger charge is 2.16. The lowest BCUT2D eigenvalue weighted by molar-refractivity contribution is -0.186. The van der Waals surface area contributed by atoms with E-state index in [9.17, 15) is 4.79 Å². The van der Waals surface area contributed by atoms with Gasteiger partial charge in [0.05, 0.1) is 12.7 Å². The minimum absolute atomic E-state index is 0.0301. The van der Waals surface area contributed by atoms with Gasteiger partial charge in [0, 0.05) is 13.5 Å². The number of esters is 1. The van der Waals surface area contributed by atoms with Crippen LogP contribution in [0.4, 0.5) is 0 Å². The van der Waals surface area contributed by atoms with Gasteiger partial charge in [0.2, 0.25) is 0 Å². The summed E-state index contributed by atoms with van der Waals surface area (Å²) >= 11 is 0. The van der Waals surface area contributed by atoms with E-state index in [1.807, 2.05) is 6.92 Å². The number of hydrogen-bond donors (Lipinski definition) is 0. The lowest BCUT2D eigenvalue weighted by atomic mass is 10.2. The zero-order valence-electron chi connectivity index (χ0n) is 10.2. The number of ether oxygens (including phenoxy) is 3. The predicted octanol–water partition coefficient (Wildman–Crippen LogP) is 2.26. The Morgan fingerprint density at radius 2 is 2.31 bits per heavy atom. The third-order valence-electron chi connectivity index (χ3n) is 2.58. The first kappa shape index (κ1) is 13.5. The van der Waals surface area contributed by atoms with Gasteiger partial charge in [0.15, 0.2) is 6.29 Å². The SMILES string of the molecule is CC(=O)OCCCC(C)OC1CCCCO1. The first-order valence-electron chi connectivity index (χ1n) is 6.09. The Kier molecular flexibility index (Phi) is 6.42. The first-order chi connectivity index (χ1) is 7.68. The van der Waals surface area contributed by atoms with E-state index in [0.717, 1.165) is 32.3 Å². The zero-order chi connectivity index (χ0) is 11.8. The second-order valence-corrected chi connectivity index (χ2v) is 4.23. The summed E-state index contributed by atoms with van der Waals surface area (Å²) in [5.74, 6) is -0.218. The van der Waals surface area contributed by atoms with Gasteiger partial charge in [-0.15, -0.1) is 0 Å². The fourth-order valence-corrected chi connectivity index (χ4v) is 1.73. The third-order valence-corrected chi connectivity index (χ3v) is 2.58. The smallest absolute Gasteiger partial charge is 0.302 e. The second-order valence-electron chi connectivity index (χ2n) is 4.23. The molecule has 1 rings (SSSR count). The van der Waals surface area contributed by atoms with Crippen LogP contribution in [0.25, 0.3) is 0 Å². The van der Waals surface area contributed by atoms with Crippen LogP contribution in [0.15, 0.2) is 0 Å². The molecule has 4 nitrogen and oxygen atoms in total. The van der Waals surface area contributed by atoms with Gasteiger partial charge in [-0.1, -0.05) is 0 Å². The highest BCUT2D eigenvalue weighted by molar-refractivity contribution is 5.65. The van der Waals surface area contributed by atoms with Crippen molar-refractivity contribution < 1.29 is 19.0 Å². The molecule has 1 aliphatic heterocycles. The van der Waals surface area contributed by atoms with Crippen molar-refractivity contribution in [1.82, 2.24) is 0 Å². The van der Waals surface area contributed by atoms with E-state index < -0.39 is 0 Å². The summed E-state index contributed by atoms with van der Waals surface area (Å²) in [5, 5.41) is 0. The molecule has 0 radical (unpaired) electrons. The van der Waals surface area contributed by atoms with E-state index in [1.54, 1.807) is 0 Å². The maximum atomic E-state index is 10.5. The molecule has 0 spiro atoms. The molecule has 0 N–H and O–H groups in total. The van der Waals surface area contributed by atoms with Crippen LogP contribution in [0.2, 0.25) is 0 Å². The number of carbonyl (C=O) groups excluding carboxylic acids is 1. The van der Waals surface area contributed by atoms with Crippen LogP contribution in [-0.4, -0.2) is 31.6 Å². The molecule has 0 aliphatic carbocycles. The zero-order valence-corrected chi connectivity index (χ0v) is 10.2. The maximum Gasteiger partial charge on any atom is 0.302 e. The molecule has 0 aromatic carbocycles. The molecule has 0 aromatic heterocycles. The van der Waals surface area contributed by atoms with Crippen LogP contribution in [0, 0.1) is 0 Å². The van der Waals surface area contributed by atoms with Gasteiger partial charge in [-0.2, -0.15) is 0 Å². The highest BCUT2D eigenvalue weighted by Crippen LogP contribution is 2.16. The molecule has 1 heterocycles. The molecule has 1 saturated heterocycles. The molecule has 0 aromatic rings. The van der Waals surface area contributed by atoms with Crippen LogP contribution < -0.4 is 0 Å².